The predicted octanol–water partition coefficient (Wildman–Crippen LogP) is 4.59. The maximum absolute atomic E-state index is 13.2. The second-order valence-corrected chi connectivity index (χ2v) is 9.05. The van der Waals surface area contributed by atoms with Gasteiger partial charge in [-0.1, -0.05) is 48.0 Å². The number of hydrogen-bond donors (Lipinski definition) is 0. The Morgan fingerprint density at radius 3 is 2.37 bits per heavy atom. The summed E-state index contributed by atoms with van der Waals surface area (Å²) in [6.45, 7) is 5.87. The molecule has 1 saturated heterocycles. The standard InChI is InChI=1S/C26H29F3N4O2/c1-19-6-8-20(9-7-19)15-32(16-21-4-3-5-22(14-21)26(27,28)29)17-24-30-23(18-35-24)25(34)33-12-10-31(2)11-13-33/h3-9,14,18H,10-13,15-17H2,1-2H3. The van der Waals surface area contributed by atoms with Crippen molar-refractivity contribution in [3.8, 4) is 0 Å². The Hall–Kier alpha value is -3.17. The fourth-order valence-corrected chi connectivity index (χ4v) is 4.07. The molecule has 2 aromatic carbocycles. The molecule has 0 spiro atoms. The molecule has 2 heterocycles. The molecule has 0 saturated carbocycles. The number of nitrogens with zero attached hydrogens (tertiary/aromatic N) is 4. The average Bonchev–Trinajstić information content (AvgIpc) is 3.29. The third kappa shape index (κ3) is 6.70. The third-order valence-corrected chi connectivity index (χ3v) is 6.11. The summed E-state index contributed by atoms with van der Waals surface area (Å²) in [6, 6.07) is 13.3. The summed E-state index contributed by atoms with van der Waals surface area (Å²) < 4.78 is 45.2. The molecule has 0 atom stereocenters. The molecule has 0 radical (unpaired) electrons. The number of hydrogen-bond acceptors (Lipinski definition) is 5. The van der Waals surface area contributed by atoms with Gasteiger partial charge in [0.25, 0.3) is 5.91 Å². The Morgan fingerprint density at radius 1 is 1.00 bits per heavy atom. The van der Waals surface area contributed by atoms with Crippen molar-refractivity contribution in [2.24, 2.45) is 0 Å². The number of carbonyl (C=O) groups is 1. The normalized spacial score (nSPS) is 15.1. The zero-order chi connectivity index (χ0) is 25.0. The molecular formula is C26H29F3N4O2. The van der Waals surface area contributed by atoms with E-state index in [9.17, 15) is 18.0 Å². The van der Waals surface area contributed by atoms with Crippen LogP contribution < -0.4 is 0 Å². The molecule has 1 aliphatic heterocycles. The van der Waals surface area contributed by atoms with Crippen molar-refractivity contribution in [2.75, 3.05) is 33.2 Å². The maximum atomic E-state index is 13.2. The van der Waals surface area contributed by atoms with Crippen molar-refractivity contribution in [2.45, 2.75) is 32.7 Å². The molecule has 4 rings (SSSR count). The first-order valence-corrected chi connectivity index (χ1v) is 11.5. The van der Waals surface area contributed by atoms with E-state index in [4.69, 9.17) is 4.42 Å². The molecule has 0 unspecified atom stereocenters. The molecule has 3 aromatic rings. The minimum atomic E-state index is -4.40. The number of aromatic nitrogens is 1. The lowest BCUT2D eigenvalue weighted by atomic mass is 10.1. The summed E-state index contributed by atoms with van der Waals surface area (Å²) in [5.74, 6) is 0.178. The Morgan fingerprint density at radius 2 is 1.69 bits per heavy atom. The van der Waals surface area contributed by atoms with Crippen LogP contribution in [0.5, 0.6) is 0 Å². The van der Waals surface area contributed by atoms with Crippen LogP contribution in [0.15, 0.2) is 59.2 Å². The largest absolute Gasteiger partial charge is 0.447 e. The van der Waals surface area contributed by atoms with Crippen LogP contribution in [-0.2, 0) is 25.8 Å². The summed E-state index contributed by atoms with van der Waals surface area (Å²) in [6.07, 6.45) is -3.04. The fourth-order valence-electron chi connectivity index (χ4n) is 4.07. The van der Waals surface area contributed by atoms with Crippen molar-refractivity contribution in [3.05, 3.63) is 88.6 Å². The highest BCUT2D eigenvalue weighted by Crippen LogP contribution is 2.30. The van der Waals surface area contributed by atoms with Crippen LogP contribution >= 0.6 is 0 Å². The van der Waals surface area contributed by atoms with Gasteiger partial charge in [-0.05, 0) is 31.2 Å². The van der Waals surface area contributed by atoms with Crippen LogP contribution in [0.25, 0.3) is 0 Å². The smallest absolute Gasteiger partial charge is 0.416 e. The predicted molar refractivity (Wildman–Crippen MR) is 125 cm³/mol. The summed E-state index contributed by atoms with van der Waals surface area (Å²) in [5, 5.41) is 0. The van der Waals surface area contributed by atoms with Gasteiger partial charge in [0.05, 0.1) is 12.1 Å². The van der Waals surface area contributed by atoms with Crippen LogP contribution in [0.1, 0.15) is 38.6 Å². The van der Waals surface area contributed by atoms with E-state index < -0.39 is 11.7 Å². The number of halogens is 3. The van der Waals surface area contributed by atoms with E-state index in [-0.39, 0.29) is 24.7 Å². The topological polar surface area (TPSA) is 52.8 Å². The number of alkyl halides is 3. The van der Waals surface area contributed by atoms with Crippen molar-refractivity contribution >= 4 is 5.91 Å². The first kappa shape index (κ1) is 24.9. The zero-order valence-corrected chi connectivity index (χ0v) is 19.9. The van der Waals surface area contributed by atoms with Crippen LogP contribution in [0.2, 0.25) is 0 Å². The summed E-state index contributed by atoms with van der Waals surface area (Å²) in [5.41, 5.74) is 2.24. The van der Waals surface area contributed by atoms with Crippen molar-refractivity contribution in [1.29, 1.82) is 0 Å². The highest BCUT2D eigenvalue weighted by Gasteiger charge is 2.30. The van der Waals surface area contributed by atoms with Crippen molar-refractivity contribution in [1.82, 2.24) is 19.7 Å². The lowest BCUT2D eigenvalue weighted by Gasteiger charge is -2.31. The van der Waals surface area contributed by atoms with Crippen LogP contribution in [-0.4, -0.2) is 58.8 Å². The number of benzene rings is 2. The number of amides is 1. The van der Waals surface area contributed by atoms with Crippen molar-refractivity contribution in [3.63, 3.8) is 0 Å². The Bertz CT molecular complexity index is 1140. The number of piperazine rings is 1. The van der Waals surface area contributed by atoms with Crippen LogP contribution in [0, 0.1) is 6.92 Å². The number of rotatable bonds is 7. The highest BCUT2D eigenvalue weighted by atomic mass is 19.4. The van der Waals surface area contributed by atoms with E-state index in [1.54, 1.807) is 11.0 Å². The molecule has 1 aliphatic rings. The molecular weight excluding hydrogens is 457 g/mol. The molecule has 1 fully saturated rings. The molecule has 6 nitrogen and oxygen atoms in total. The van der Waals surface area contributed by atoms with Crippen LogP contribution in [0.4, 0.5) is 13.2 Å². The quantitative estimate of drug-likeness (QED) is 0.489. The van der Waals surface area contributed by atoms with Gasteiger partial charge in [0.15, 0.2) is 5.69 Å². The molecule has 186 valence electrons. The van der Waals surface area contributed by atoms with E-state index >= 15 is 0 Å². The van der Waals surface area contributed by atoms with Gasteiger partial charge >= 0.3 is 6.18 Å². The molecule has 9 heteroatoms. The highest BCUT2D eigenvalue weighted by molar-refractivity contribution is 5.92. The van der Waals surface area contributed by atoms with E-state index in [2.05, 4.69) is 9.88 Å². The minimum Gasteiger partial charge on any atom is -0.447 e. The Kier molecular flexibility index (Phi) is 7.57. The molecule has 35 heavy (non-hydrogen) atoms. The fraction of sp³-hybridized carbons (Fsp3) is 0.385. The van der Waals surface area contributed by atoms with Gasteiger partial charge in [-0.15, -0.1) is 0 Å². The monoisotopic (exact) mass is 486 g/mol. The first-order chi connectivity index (χ1) is 16.7. The van der Waals surface area contributed by atoms with E-state index in [0.717, 1.165) is 30.3 Å². The van der Waals surface area contributed by atoms with Crippen LogP contribution in [0.3, 0.4) is 0 Å². The minimum absolute atomic E-state index is 0.170. The van der Waals surface area contributed by atoms with Gasteiger partial charge in [-0.25, -0.2) is 4.98 Å². The number of carbonyl (C=O) groups excluding carboxylic acids is 1. The Balaban J connectivity index is 1.51. The van der Waals surface area contributed by atoms with E-state index in [0.29, 0.717) is 31.1 Å². The van der Waals surface area contributed by atoms with E-state index in [1.807, 2.05) is 43.1 Å². The average molecular weight is 487 g/mol. The SMILES string of the molecule is Cc1ccc(CN(Cc2cccc(C(F)(F)F)c2)Cc2nc(C(=O)N3CCN(C)CC3)co2)cc1. The summed E-state index contributed by atoms with van der Waals surface area (Å²) >= 11 is 0. The van der Waals surface area contributed by atoms with Gasteiger partial charge in [0.2, 0.25) is 5.89 Å². The molecule has 0 bridgehead atoms. The van der Waals surface area contributed by atoms with Gasteiger partial charge in [-0.2, -0.15) is 13.2 Å². The second kappa shape index (κ2) is 10.6. The summed E-state index contributed by atoms with van der Waals surface area (Å²) in [4.78, 5) is 23.1. The molecule has 0 N–H and O–H groups in total. The second-order valence-electron chi connectivity index (χ2n) is 9.05. The molecule has 0 aliphatic carbocycles. The number of oxazole rings is 1. The summed E-state index contributed by atoms with van der Waals surface area (Å²) in [7, 11) is 2.02. The lowest BCUT2D eigenvalue weighted by molar-refractivity contribution is -0.137. The molecule has 1 aromatic heterocycles. The van der Waals surface area contributed by atoms with Gasteiger partial charge in [0.1, 0.15) is 6.26 Å². The Labute approximate surface area is 203 Å². The molecule has 1 amide bonds. The lowest BCUT2D eigenvalue weighted by Crippen LogP contribution is -2.47. The number of aryl methyl sites for hydroxylation is 1. The van der Waals surface area contributed by atoms with E-state index in [1.165, 1.54) is 18.4 Å². The number of likely N-dealkylation sites (N-methyl/N-ethyl adjacent to an activating group) is 1. The zero-order valence-electron chi connectivity index (χ0n) is 19.9. The van der Waals surface area contributed by atoms with Crippen molar-refractivity contribution < 1.29 is 22.4 Å². The third-order valence-electron chi connectivity index (χ3n) is 6.11. The van der Waals surface area contributed by atoms with Gasteiger partial charge in [-0.3, -0.25) is 9.69 Å². The van der Waals surface area contributed by atoms with Gasteiger partial charge < -0.3 is 14.2 Å². The first-order valence-electron chi connectivity index (χ1n) is 11.5. The van der Waals surface area contributed by atoms with Gasteiger partial charge in [0, 0.05) is 39.3 Å². The maximum Gasteiger partial charge on any atom is 0.416 e.